The quantitative estimate of drug-likeness (QED) is 0.886. The molecule has 0 atom stereocenters. The van der Waals surface area contributed by atoms with E-state index in [9.17, 15) is 0 Å². The second-order valence-corrected chi connectivity index (χ2v) is 5.54. The van der Waals surface area contributed by atoms with Gasteiger partial charge >= 0.3 is 0 Å². The summed E-state index contributed by atoms with van der Waals surface area (Å²) < 4.78 is 5.05. The second kappa shape index (κ2) is 5.73. The Kier molecular flexibility index (Phi) is 4.27. The molecule has 0 radical (unpaired) electrons. The van der Waals surface area contributed by atoms with Crippen LogP contribution in [-0.4, -0.2) is 33.1 Å². The maximum Gasteiger partial charge on any atom is 0.228 e. The Morgan fingerprint density at radius 2 is 2.22 bits per heavy atom. The molecule has 0 bridgehead atoms. The van der Waals surface area contributed by atoms with Crippen molar-refractivity contribution in [1.29, 1.82) is 0 Å². The Bertz CT molecular complexity index is 425. The zero-order valence-corrected chi connectivity index (χ0v) is 12.0. The van der Waals surface area contributed by atoms with E-state index in [-0.39, 0.29) is 5.54 Å². The minimum absolute atomic E-state index is 0.241. The van der Waals surface area contributed by atoms with Crippen molar-refractivity contribution in [2.75, 3.05) is 12.3 Å². The molecule has 1 aliphatic rings. The van der Waals surface area contributed by atoms with Gasteiger partial charge in [-0.05, 0) is 19.8 Å². The molecule has 0 spiro atoms. The van der Waals surface area contributed by atoms with Crippen LogP contribution >= 0.6 is 11.8 Å². The molecular formula is C12H20N4OS. The third-order valence-electron chi connectivity index (χ3n) is 3.36. The molecule has 5 nitrogen and oxygen atoms in total. The molecule has 18 heavy (non-hydrogen) atoms. The smallest absolute Gasteiger partial charge is 0.228 e. The minimum Gasteiger partial charge on any atom is -0.359 e. The second-order valence-electron chi connectivity index (χ2n) is 4.57. The molecule has 1 aromatic heterocycles. The summed E-state index contributed by atoms with van der Waals surface area (Å²) in [5.74, 6) is 2.46. The first-order valence-electron chi connectivity index (χ1n) is 6.42. The number of amidine groups is 1. The number of nitrogens with zero attached hydrogens (tertiary/aromatic N) is 3. The van der Waals surface area contributed by atoms with E-state index in [1.807, 2.05) is 18.7 Å². The monoisotopic (exact) mass is 268 g/mol. The minimum atomic E-state index is 0.241. The van der Waals surface area contributed by atoms with E-state index in [1.54, 1.807) is 0 Å². The Morgan fingerprint density at radius 3 is 2.78 bits per heavy atom. The molecule has 2 heterocycles. The maximum atomic E-state index is 5.05. The van der Waals surface area contributed by atoms with Gasteiger partial charge in [0.15, 0.2) is 11.0 Å². The van der Waals surface area contributed by atoms with E-state index < -0.39 is 0 Å². The highest BCUT2D eigenvalue weighted by Crippen LogP contribution is 2.28. The van der Waals surface area contributed by atoms with Crippen molar-refractivity contribution in [3.05, 3.63) is 11.7 Å². The predicted molar refractivity (Wildman–Crippen MR) is 73.9 cm³/mol. The average Bonchev–Trinajstić information content (AvgIpc) is 2.97. The van der Waals surface area contributed by atoms with Gasteiger partial charge in [-0.25, -0.2) is 0 Å². The summed E-state index contributed by atoms with van der Waals surface area (Å²) in [5, 5.41) is 8.35. The van der Waals surface area contributed by atoms with E-state index in [4.69, 9.17) is 4.52 Å². The van der Waals surface area contributed by atoms with Crippen LogP contribution < -0.4 is 5.32 Å². The molecule has 100 valence electrons. The van der Waals surface area contributed by atoms with Crippen LogP contribution in [-0.2, 0) is 6.42 Å². The first-order valence-corrected chi connectivity index (χ1v) is 7.40. The van der Waals surface area contributed by atoms with Crippen LogP contribution in [0, 0.1) is 6.92 Å². The summed E-state index contributed by atoms with van der Waals surface area (Å²) in [6.45, 7) is 6.97. The Hall–Kier alpha value is -1.04. The Balaban J connectivity index is 1.84. The summed E-state index contributed by atoms with van der Waals surface area (Å²) in [6, 6.07) is 0. The normalized spacial score (nSPS) is 20.3. The van der Waals surface area contributed by atoms with Gasteiger partial charge < -0.3 is 9.84 Å². The molecule has 0 unspecified atom stereocenters. The van der Waals surface area contributed by atoms with Crippen molar-refractivity contribution in [3.8, 4) is 0 Å². The van der Waals surface area contributed by atoms with E-state index in [2.05, 4.69) is 34.3 Å². The van der Waals surface area contributed by atoms with Gasteiger partial charge in [0.2, 0.25) is 5.89 Å². The molecule has 0 saturated carbocycles. The summed E-state index contributed by atoms with van der Waals surface area (Å²) in [5.41, 5.74) is 0.241. The fourth-order valence-electron chi connectivity index (χ4n) is 1.92. The number of aromatic nitrogens is 2. The number of aliphatic imine (C=N–C) groups is 1. The molecule has 1 fully saturated rings. The molecule has 0 aromatic carbocycles. The summed E-state index contributed by atoms with van der Waals surface area (Å²) >= 11 is 1.81. The number of rotatable bonds is 5. The van der Waals surface area contributed by atoms with Crippen LogP contribution in [0.1, 0.15) is 38.4 Å². The van der Waals surface area contributed by atoms with Gasteiger partial charge in [0, 0.05) is 17.7 Å². The van der Waals surface area contributed by atoms with Crippen LogP contribution in [0.3, 0.4) is 0 Å². The molecule has 1 aromatic rings. The Labute approximate surface area is 112 Å². The van der Waals surface area contributed by atoms with E-state index in [0.717, 1.165) is 23.8 Å². The lowest BCUT2D eigenvalue weighted by molar-refractivity contribution is 0.376. The van der Waals surface area contributed by atoms with Crippen molar-refractivity contribution in [2.24, 2.45) is 4.99 Å². The first kappa shape index (κ1) is 13.4. The number of hydrogen-bond donors (Lipinski definition) is 1. The van der Waals surface area contributed by atoms with Gasteiger partial charge in [-0.15, -0.1) is 0 Å². The molecular weight excluding hydrogens is 248 g/mol. The lowest BCUT2D eigenvalue weighted by atomic mass is 9.96. The lowest BCUT2D eigenvalue weighted by Gasteiger charge is -2.25. The van der Waals surface area contributed by atoms with Gasteiger partial charge in [-0.1, -0.05) is 30.8 Å². The average molecular weight is 268 g/mol. The highest BCUT2D eigenvalue weighted by atomic mass is 32.2. The highest BCUT2D eigenvalue weighted by molar-refractivity contribution is 8.14. The summed E-state index contributed by atoms with van der Waals surface area (Å²) in [4.78, 5) is 8.72. The molecule has 6 heteroatoms. The molecule has 0 aliphatic carbocycles. The Morgan fingerprint density at radius 1 is 1.44 bits per heavy atom. The van der Waals surface area contributed by atoms with Crippen LogP contribution in [0.2, 0.25) is 0 Å². The van der Waals surface area contributed by atoms with Gasteiger partial charge in [-0.2, -0.15) is 4.98 Å². The van der Waals surface area contributed by atoms with Crippen molar-refractivity contribution in [1.82, 2.24) is 15.5 Å². The largest absolute Gasteiger partial charge is 0.359 e. The van der Waals surface area contributed by atoms with Crippen molar-refractivity contribution >= 4 is 16.9 Å². The molecule has 1 aliphatic heterocycles. The zero-order chi connectivity index (χ0) is 13.0. The topological polar surface area (TPSA) is 63.3 Å². The standard InChI is InChI=1S/C12H20N4OS/c1-4-12(5-2)8-18-11(15-12)13-7-6-10-14-9(3)16-17-10/h4-8H2,1-3H3,(H,13,15). The number of hydrogen-bond acceptors (Lipinski definition) is 5. The number of thioether (sulfide) groups is 1. The van der Waals surface area contributed by atoms with E-state index >= 15 is 0 Å². The zero-order valence-electron chi connectivity index (χ0n) is 11.2. The summed E-state index contributed by atoms with van der Waals surface area (Å²) in [6.07, 6.45) is 2.98. The van der Waals surface area contributed by atoms with Gasteiger partial charge in [-0.3, -0.25) is 4.99 Å². The third-order valence-corrected chi connectivity index (χ3v) is 4.56. The van der Waals surface area contributed by atoms with Crippen LogP contribution in [0.5, 0.6) is 0 Å². The fraction of sp³-hybridized carbons (Fsp3) is 0.750. The van der Waals surface area contributed by atoms with Crippen LogP contribution in [0.4, 0.5) is 0 Å². The molecule has 0 amide bonds. The molecule has 2 rings (SSSR count). The van der Waals surface area contributed by atoms with Crippen molar-refractivity contribution < 1.29 is 4.52 Å². The summed E-state index contributed by atoms with van der Waals surface area (Å²) in [7, 11) is 0. The lowest BCUT2D eigenvalue weighted by Crippen LogP contribution is -2.42. The van der Waals surface area contributed by atoms with E-state index in [0.29, 0.717) is 24.7 Å². The third kappa shape index (κ3) is 3.04. The van der Waals surface area contributed by atoms with E-state index in [1.165, 1.54) is 0 Å². The van der Waals surface area contributed by atoms with Crippen molar-refractivity contribution in [3.63, 3.8) is 0 Å². The van der Waals surface area contributed by atoms with Gasteiger partial charge in [0.25, 0.3) is 0 Å². The first-order chi connectivity index (χ1) is 8.67. The SMILES string of the molecule is CCC1(CC)CSC(=NCCc2nc(C)no2)N1. The fourth-order valence-corrected chi connectivity index (χ4v) is 3.28. The molecule has 1 N–H and O–H groups in total. The van der Waals surface area contributed by atoms with Gasteiger partial charge in [0.1, 0.15) is 0 Å². The van der Waals surface area contributed by atoms with Gasteiger partial charge in [0.05, 0.1) is 6.54 Å². The number of aryl methyl sites for hydroxylation is 1. The molecule has 1 saturated heterocycles. The van der Waals surface area contributed by atoms with Crippen molar-refractivity contribution in [2.45, 2.75) is 45.6 Å². The maximum absolute atomic E-state index is 5.05. The van der Waals surface area contributed by atoms with Crippen LogP contribution in [0.15, 0.2) is 9.52 Å². The highest BCUT2D eigenvalue weighted by Gasteiger charge is 2.33. The number of nitrogens with one attached hydrogen (secondary N) is 1. The van der Waals surface area contributed by atoms with Crippen LogP contribution in [0.25, 0.3) is 0 Å². The predicted octanol–water partition coefficient (Wildman–Crippen LogP) is 2.17.